The molecule has 0 saturated heterocycles. The van der Waals surface area contributed by atoms with E-state index >= 15 is 0 Å². The van der Waals surface area contributed by atoms with E-state index in [0.717, 1.165) is 27.8 Å². The van der Waals surface area contributed by atoms with Crippen molar-refractivity contribution < 1.29 is 4.74 Å². The Labute approximate surface area is 155 Å². The van der Waals surface area contributed by atoms with Crippen LogP contribution in [-0.2, 0) is 6.54 Å². The van der Waals surface area contributed by atoms with Gasteiger partial charge in [0, 0.05) is 28.1 Å². The van der Waals surface area contributed by atoms with Gasteiger partial charge < -0.3 is 9.30 Å². The molecule has 26 heavy (non-hydrogen) atoms. The van der Waals surface area contributed by atoms with Crippen LogP contribution in [0.25, 0.3) is 21.3 Å². The van der Waals surface area contributed by atoms with Crippen molar-refractivity contribution in [2.45, 2.75) is 13.5 Å². The fourth-order valence-electron chi connectivity index (χ4n) is 2.95. The van der Waals surface area contributed by atoms with Gasteiger partial charge in [0.2, 0.25) is 0 Å². The minimum atomic E-state index is -0.00843. The van der Waals surface area contributed by atoms with E-state index in [-0.39, 0.29) is 5.56 Å². The number of ether oxygens (including phenoxy) is 1. The zero-order valence-electron chi connectivity index (χ0n) is 14.6. The number of hydrogen-bond acceptors (Lipinski definition) is 4. The molecule has 4 aromatic rings. The van der Waals surface area contributed by atoms with Gasteiger partial charge in [-0.3, -0.25) is 9.78 Å². The van der Waals surface area contributed by atoms with Crippen molar-refractivity contribution in [3.8, 4) is 16.2 Å². The van der Waals surface area contributed by atoms with Gasteiger partial charge in [-0.2, -0.15) is 0 Å². The number of rotatable bonds is 4. The van der Waals surface area contributed by atoms with E-state index in [4.69, 9.17) is 4.74 Å². The molecule has 5 heteroatoms. The zero-order chi connectivity index (χ0) is 18.1. The van der Waals surface area contributed by atoms with Gasteiger partial charge >= 0.3 is 0 Å². The standard InChI is InChI=1S/C21H18N2O2S/c1-14-7-20(26-13-14)16-4-6-21(24)23(12-16)11-15-3-5-19-17(8-15)9-18(25-2)10-22-19/h3-10,12-13H,11H2,1-2H3. The van der Waals surface area contributed by atoms with E-state index in [1.807, 2.05) is 30.5 Å². The van der Waals surface area contributed by atoms with Gasteiger partial charge in [-0.25, -0.2) is 0 Å². The van der Waals surface area contributed by atoms with Crippen LogP contribution in [0, 0.1) is 6.92 Å². The van der Waals surface area contributed by atoms with Crippen molar-refractivity contribution in [1.82, 2.24) is 9.55 Å². The first-order valence-corrected chi connectivity index (χ1v) is 9.19. The number of fused-ring (bicyclic) bond motifs is 1. The van der Waals surface area contributed by atoms with Crippen LogP contribution in [0.5, 0.6) is 5.75 Å². The quantitative estimate of drug-likeness (QED) is 0.537. The maximum absolute atomic E-state index is 12.3. The lowest BCUT2D eigenvalue weighted by atomic mass is 10.1. The molecule has 0 spiro atoms. The summed E-state index contributed by atoms with van der Waals surface area (Å²) in [7, 11) is 1.63. The molecular formula is C21H18N2O2S. The van der Waals surface area contributed by atoms with E-state index in [1.165, 1.54) is 10.4 Å². The molecule has 0 N–H and O–H groups in total. The Morgan fingerprint density at radius 1 is 1.15 bits per heavy atom. The Morgan fingerprint density at radius 3 is 2.81 bits per heavy atom. The van der Waals surface area contributed by atoms with Gasteiger partial charge in [-0.05, 0) is 53.8 Å². The molecule has 0 aliphatic heterocycles. The predicted octanol–water partition coefficient (Wildman–Crippen LogP) is 4.49. The lowest BCUT2D eigenvalue weighted by molar-refractivity contribution is 0.414. The van der Waals surface area contributed by atoms with Gasteiger partial charge in [0.25, 0.3) is 5.56 Å². The highest BCUT2D eigenvalue weighted by Gasteiger charge is 2.06. The number of pyridine rings is 2. The Bertz CT molecular complexity index is 1140. The van der Waals surface area contributed by atoms with E-state index in [2.05, 4.69) is 29.4 Å². The van der Waals surface area contributed by atoms with Crippen molar-refractivity contribution in [2.24, 2.45) is 0 Å². The molecule has 130 valence electrons. The predicted molar refractivity (Wildman–Crippen MR) is 106 cm³/mol. The first-order valence-electron chi connectivity index (χ1n) is 8.31. The number of methoxy groups -OCH3 is 1. The Morgan fingerprint density at radius 2 is 2.04 bits per heavy atom. The van der Waals surface area contributed by atoms with Crippen molar-refractivity contribution >= 4 is 22.2 Å². The van der Waals surface area contributed by atoms with E-state index in [1.54, 1.807) is 35.3 Å². The highest BCUT2D eigenvalue weighted by molar-refractivity contribution is 7.13. The molecule has 3 aromatic heterocycles. The van der Waals surface area contributed by atoms with Crippen LogP contribution >= 0.6 is 11.3 Å². The first kappa shape index (κ1) is 16.5. The van der Waals surface area contributed by atoms with E-state index in [0.29, 0.717) is 6.54 Å². The van der Waals surface area contributed by atoms with Crippen molar-refractivity contribution in [1.29, 1.82) is 0 Å². The van der Waals surface area contributed by atoms with Gasteiger partial charge in [-0.15, -0.1) is 11.3 Å². The molecule has 3 heterocycles. The first-order chi connectivity index (χ1) is 12.6. The van der Waals surface area contributed by atoms with Crippen LogP contribution in [0.1, 0.15) is 11.1 Å². The highest BCUT2D eigenvalue weighted by Crippen LogP contribution is 2.26. The Kier molecular flexibility index (Phi) is 4.31. The summed E-state index contributed by atoms with van der Waals surface area (Å²) in [5, 5.41) is 3.12. The lowest BCUT2D eigenvalue weighted by Crippen LogP contribution is -2.19. The van der Waals surface area contributed by atoms with Crippen LogP contribution < -0.4 is 10.3 Å². The Hall–Kier alpha value is -2.92. The second kappa shape index (κ2) is 6.77. The second-order valence-electron chi connectivity index (χ2n) is 6.27. The molecule has 0 aliphatic rings. The SMILES string of the molecule is COc1cnc2ccc(Cn3cc(-c4cc(C)cs4)ccc3=O)cc2c1. The molecule has 4 rings (SSSR count). The molecule has 0 fully saturated rings. The molecule has 0 bridgehead atoms. The summed E-state index contributed by atoms with van der Waals surface area (Å²) in [6, 6.07) is 13.7. The fraction of sp³-hybridized carbons (Fsp3) is 0.143. The van der Waals surface area contributed by atoms with Gasteiger partial charge in [0.15, 0.2) is 0 Å². The van der Waals surface area contributed by atoms with Gasteiger partial charge in [0.1, 0.15) is 5.75 Å². The third kappa shape index (κ3) is 3.26. The third-order valence-corrected chi connectivity index (χ3v) is 5.40. The smallest absolute Gasteiger partial charge is 0.250 e. The molecule has 0 atom stereocenters. The van der Waals surface area contributed by atoms with Crippen LogP contribution in [0.2, 0.25) is 0 Å². The van der Waals surface area contributed by atoms with Crippen LogP contribution in [0.4, 0.5) is 0 Å². The molecular weight excluding hydrogens is 344 g/mol. The summed E-state index contributed by atoms with van der Waals surface area (Å²) in [5.41, 5.74) is 4.25. The second-order valence-corrected chi connectivity index (χ2v) is 7.19. The molecule has 0 unspecified atom stereocenters. The van der Waals surface area contributed by atoms with Crippen LogP contribution in [0.3, 0.4) is 0 Å². The maximum atomic E-state index is 12.3. The number of hydrogen-bond donors (Lipinski definition) is 0. The average molecular weight is 362 g/mol. The fourth-order valence-corrected chi connectivity index (χ4v) is 3.84. The topological polar surface area (TPSA) is 44.1 Å². The summed E-state index contributed by atoms with van der Waals surface area (Å²) in [4.78, 5) is 17.9. The van der Waals surface area contributed by atoms with Crippen molar-refractivity contribution in [2.75, 3.05) is 7.11 Å². The van der Waals surface area contributed by atoms with E-state index in [9.17, 15) is 4.79 Å². The van der Waals surface area contributed by atoms with Crippen molar-refractivity contribution in [3.63, 3.8) is 0 Å². The number of nitrogens with zero attached hydrogens (tertiary/aromatic N) is 2. The van der Waals surface area contributed by atoms with Crippen molar-refractivity contribution in [3.05, 3.63) is 81.7 Å². The largest absolute Gasteiger partial charge is 0.495 e. The molecule has 0 radical (unpaired) electrons. The number of benzene rings is 1. The number of thiophene rings is 1. The molecule has 0 aliphatic carbocycles. The summed E-state index contributed by atoms with van der Waals surface area (Å²) >= 11 is 1.69. The average Bonchev–Trinajstić information content (AvgIpc) is 3.09. The van der Waals surface area contributed by atoms with Gasteiger partial charge in [0.05, 0.1) is 25.4 Å². The third-order valence-electron chi connectivity index (χ3n) is 4.31. The molecule has 1 aromatic carbocycles. The summed E-state index contributed by atoms with van der Waals surface area (Å²) < 4.78 is 7.00. The summed E-state index contributed by atoms with van der Waals surface area (Å²) in [6.45, 7) is 2.59. The number of aromatic nitrogens is 2. The van der Waals surface area contributed by atoms with Crippen LogP contribution in [0.15, 0.2) is 65.0 Å². The van der Waals surface area contributed by atoms with E-state index < -0.39 is 0 Å². The highest BCUT2D eigenvalue weighted by atomic mass is 32.1. The summed E-state index contributed by atoms with van der Waals surface area (Å²) in [5.74, 6) is 0.724. The summed E-state index contributed by atoms with van der Waals surface area (Å²) in [6.07, 6.45) is 3.64. The molecule has 0 amide bonds. The monoisotopic (exact) mass is 362 g/mol. The maximum Gasteiger partial charge on any atom is 0.250 e. The number of aryl methyl sites for hydroxylation is 1. The minimum absolute atomic E-state index is 0.00843. The minimum Gasteiger partial charge on any atom is -0.495 e. The Balaban J connectivity index is 1.70. The molecule has 0 saturated carbocycles. The van der Waals surface area contributed by atoms with Gasteiger partial charge in [-0.1, -0.05) is 6.07 Å². The molecule has 4 nitrogen and oxygen atoms in total. The normalized spacial score (nSPS) is 11.0. The van der Waals surface area contributed by atoms with Crippen LogP contribution in [-0.4, -0.2) is 16.7 Å². The lowest BCUT2D eigenvalue weighted by Gasteiger charge is -2.09. The zero-order valence-corrected chi connectivity index (χ0v) is 15.4.